The van der Waals surface area contributed by atoms with Crippen LogP contribution in [0.2, 0.25) is 5.02 Å². The molecule has 0 N–H and O–H groups in total. The third-order valence-corrected chi connectivity index (χ3v) is 2.69. The minimum absolute atomic E-state index is 0.632. The molecule has 0 fully saturated rings. The number of halogens is 1. The van der Waals surface area contributed by atoms with Crippen molar-refractivity contribution in [3.05, 3.63) is 58.9 Å². The van der Waals surface area contributed by atoms with Gasteiger partial charge in [0, 0.05) is 24.5 Å². The van der Waals surface area contributed by atoms with Crippen molar-refractivity contribution in [3.63, 3.8) is 0 Å². The van der Waals surface area contributed by atoms with Crippen molar-refractivity contribution < 1.29 is 0 Å². The Bertz CT molecular complexity index is 585. The van der Waals surface area contributed by atoms with E-state index in [1.54, 1.807) is 12.1 Å². The molecule has 17 heavy (non-hydrogen) atoms. The molecule has 0 aliphatic rings. The van der Waals surface area contributed by atoms with Crippen molar-refractivity contribution in [2.24, 2.45) is 7.05 Å². The lowest BCUT2D eigenvalue weighted by molar-refractivity contribution is 0.927. The minimum atomic E-state index is 0.632. The summed E-state index contributed by atoms with van der Waals surface area (Å²) in [7, 11) is 1.95. The summed E-state index contributed by atoms with van der Waals surface area (Å²) in [6.45, 7) is 0. The summed E-state index contributed by atoms with van der Waals surface area (Å²) >= 11 is 5.82. The molecule has 2 rings (SSSR count). The van der Waals surface area contributed by atoms with Gasteiger partial charge in [0.15, 0.2) is 0 Å². The molecule has 84 valence electrons. The lowest BCUT2D eigenvalue weighted by Crippen LogP contribution is -1.81. The summed E-state index contributed by atoms with van der Waals surface area (Å²) in [6, 6.07) is 11.4. The molecular formula is C14H11ClN2. The van der Waals surface area contributed by atoms with E-state index in [0.29, 0.717) is 10.6 Å². The first-order chi connectivity index (χ1) is 8.19. The van der Waals surface area contributed by atoms with Crippen LogP contribution in [0.1, 0.15) is 11.1 Å². The summed E-state index contributed by atoms with van der Waals surface area (Å²) in [4.78, 5) is 0. The maximum Gasteiger partial charge on any atom is 0.0998 e. The van der Waals surface area contributed by atoms with E-state index in [0.717, 1.165) is 11.1 Å². The molecule has 2 aromatic rings. The average Bonchev–Trinajstić information content (AvgIpc) is 2.73. The van der Waals surface area contributed by atoms with Crippen LogP contribution in [0.4, 0.5) is 0 Å². The molecule has 0 aliphatic heterocycles. The van der Waals surface area contributed by atoms with E-state index in [1.165, 1.54) is 0 Å². The van der Waals surface area contributed by atoms with Crippen LogP contribution < -0.4 is 0 Å². The van der Waals surface area contributed by atoms with Gasteiger partial charge in [0.2, 0.25) is 0 Å². The first-order valence-corrected chi connectivity index (χ1v) is 5.56. The Labute approximate surface area is 105 Å². The maximum absolute atomic E-state index is 9.16. The maximum atomic E-state index is 9.16. The van der Waals surface area contributed by atoms with Crippen LogP contribution in [0.25, 0.3) is 11.6 Å². The summed E-state index contributed by atoms with van der Waals surface area (Å²) < 4.78 is 1.95. The van der Waals surface area contributed by atoms with Gasteiger partial charge in [0.25, 0.3) is 0 Å². The number of nitriles is 1. The highest BCUT2D eigenvalue weighted by Crippen LogP contribution is 2.19. The molecule has 2 nitrogen and oxygen atoms in total. The minimum Gasteiger partial charge on any atom is -0.357 e. The van der Waals surface area contributed by atoms with Gasteiger partial charge in [-0.1, -0.05) is 23.7 Å². The van der Waals surface area contributed by atoms with Crippen LogP contribution in [0.5, 0.6) is 0 Å². The van der Waals surface area contributed by atoms with Crippen LogP contribution in [0.3, 0.4) is 0 Å². The van der Waals surface area contributed by atoms with Crippen molar-refractivity contribution >= 4 is 23.3 Å². The molecule has 0 radical (unpaired) electrons. The predicted molar refractivity (Wildman–Crippen MR) is 70.3 cm³/mol. The topological polar surface area (TPSA) is 28.7 Å². The quantitative estimate of drug-likeness (QED) is 0.738. The van der Waals surface area contributed by atoms with Gasteiger partial charge in [0.05, 0.1) is 11.6 Å². The third-order valence-electron chi connectivity index (χ3n) is 2.44. The molecule has 0 spiro atoms. The zero-order chi connectivity index (χ0) is 12.3. The van der Waals surface area contributed by atoms with Gasteiger partial charge in [0.1, 0.15) is 0 Å². The van der Waals surface area contributed by atoms with Gasteiger partial charge in [-0.25, -0.2) is 0 Å². The third kappa shape index (κ3) is 2.77. The molecule has 0 atom stereocenters. The second-order valence-corrected chi connectivity index (χ2v) is 4.22. The first-order valence-electron chi connectivity index (χ1n) is 5.19. The molecule has 0 bridgehead atoms. The molecule has 0 saturated carbocycles. The summed E-state index contributed by atoms with van der Waals surface area (Å²) in [6.07, 6.45) is 5.78. The van der Waals surface area contributed by atoms with Gasteiger partial charge < -0.3 is 4.57 Å². The van der Waals surface area contributed by atoms with Crippen LogP contribution in [-0.2, 0) is 7.05 Å². The number of rotatable bonds is 2. The molecule has 3 heteroatoms. The average molecular weight is 243 g/mol. The number of aromatic nitrogens is 1. The second-order valence-electron chi connectivity index (χ2n) is 3.79. The van der Waals surface area contributed by atoms with Crippen molar-refractivity contribution in [2.75, 3.05) is 0 Å². The molecular weight excluding hydrogens is 232 g/mol. The molecule has 0 saturated heterocycles. The highest BCUT2D eigenvalue weighted by Gasteiger charge is 2.01. The van der Waals surface area contributed by atoms with Crippen LogP contribution in [0.15, 0.2) is 42.7 Å². The van der Waals surface area contributed by atoms with Crippen LogP contribution in [0, 0.1) is 11.3 Å². The van der Waals surface area contributed by atoms with Gasteiger partial charge in [-0.3, -0.25) is 0 Å². The Kier molecular flexibility index (Phi) is 3.32. The first kappa shape index (κ1) is 11.5. The fraction of sp³-hybridized carbons (Fsp3) is 0.0714. The zero-order valence-electron chi connectivity index (χ0n) is 9.39. The number of benzene rings is 1. The smallest absolute Gasteiger partial charge is 0.0998 e. The van der Waals surface area contributed by atoms with E-state index in [-0.39, 0.29) is 0 Å². The van der Waals surface area contributed by atoms with E-state index in [2.05, 4.69) is 6.07 Å². The number of nitrogens with zero attached hydrogens (tertiary/aromatic N) is 2. The number of hydrogen-bond donors (Lipinski definition) is 0. The predicted octanol–water partition coefficient (Wildman–Crippen LogP) is 3.74. The lowest BCUT2D eigenvalue weighted by Gasteiger charge is -1.98. The highest BCUT2D eigenvalue weighted by atomic mass is 35.5. The fourth-order valence-electron chi connectivity index (χ4n) is 1.59. The summed E-state index contributed by atoms with van der Waals surface area (Å²) in [5, 5.41) is 9.83. The van der Waals surface area contributed by atoms with Crippen molar-refractivity contribution in [3.8, 4) is 6.07 Å². The van der Waals surface area contributed by atoms with E-state index in [9.17, 15) is 0 Å². The molecule has 0 unspecified atom stereocenters. The van der Waals surface area contributed by atoms with Gasteiger partial charge in [-0.05, 0) is 35.4 Å². The summed E-state index contributed by atoms with van der Waals surface area (Å²) in [5.41, 5.74) is 2.52. The van der Waals surface area contributed by atoms with Crippen molar-refractivity contribution in [1.29, 1.82) is 5.26 Å². The zero-order valence-corrected chi connectivity index (χ0v) is 10.1. The van der Waals surface area contributed by atoms with Crippen LogP contribution in [-0.4, -0.2) is 4.57 Å². The molecule has 0 aliphatic carbocycles. The highest BCUT2D eigenvalue weighted by molar-refractivity contribution is 6.30. The molecule has 1 aromatic carbocycles. The molecule has 1 aromatic heterocycles. The molecule has 1 heterocycles. The summed E-state index contributed by atoms with van der Waals surface area (Å²) in [5.74, 6) is 0. The van der Waals surface area contributed by atoms with Crippen molar-refractivity contribution in [1.82, 2.24) is 4.57 Å². The van der Waals surface area contributed by atoms with Crippen molar-refractivity contribution in [2.45, 2.75) is 0 Å². The Morgan fingerprint density at radius 2 is 2.00 bits per heavy atom. The lowest BCUT2D eigenvalue weighted by atomic mass is 10.1. The number of hydrogen-bond acceptors (Lipinski definition) is 1. The second kappa shape index (κ2) is 4.90. The standard InChI is InChI=1S/C14H11ClN2/c1-17-7-6-11(10-17)8-13(9-16)12-2-4-14(15)5-3-12/h2-8,10H,1H3/b13-8+. The van der Waals surface area contributed by atoms with Gasteiger partial charge in [-0.2, -0.15) is 5.26 Å². The van der Waals surface area contributed by atoms with E-state index < -0.39 is 0 Å². The Morgan fingerprint density at radius 3 is 2.53 bits per heavy atom. The Balaban J connectivity index is 2.37. The van der Waals surface area contributed by atoms with Crippen LogP contribution >= 0.6 is 11.6 Å². The Morgan fingerprint density at radius 1 is 1.29 bits per heavy atom. The van der Waals surface area contributed by atoms with Gasteiger partial charge in [-0.15, -0.1) is 0 Å². The largest absolute Gasteiger partial charge is 0.357 e. The van der Waals surface area contributed by atoms with E-state index >= 15 is 0 Å². The monoisotopic (exact) mass is 242 g/mol. The van der Waals surface area contributed by atoms with E-state index in [1.807, 2.05) is 48.3 Å². The van der Waals surface area contributed by atoms with Gasteiger partial charge >= 0.3 is 0 Å². The normalized spacial score (nSPS) is 11.2. The number of allylic oxidation sites excluding steroid dienone is 1. The van der Waals surface area contributed by atoms with E-state index in [4.69, 9.17) is 16.9 Å². The fourth-order valence-corrected chi connectivity index (χ4v) is 1.71. The SMILES string of the molecule is Cn1ccc(/C=C(\C#N)c2ccc(Cl)cc2)c1. The molecule has 0 amide bonds. The Hall–Kier alpha value is -1.98. The number of aryl methyl sites for hydroxylation is 1.